The van der Waals surface area contributed by atoms with Crippen LogP contribution in [0.5, 0.6) is 11.5 Å². The maximum atomic E-state index is 12.7. The smallest absolute Gasteiger partial charge is 0.330 e. The van der Waals surface area contributed by atoms with E-state index >= 15 is 0 Å². The van der Waals surface area contributed by atoms with Crippen molar-refractivity contribution < 1.29 is 23.8 Å². The molecule has 0 saturated carbocycles. The largest absolute Gasteiger partial charge is 0.496 e. The summed E-state index contributed by atoms with van der Waals surface area (Å²) in [6.07, 6.45) is 3.16. The molecule has 148 valence electrons. The highest BCUT2D eigenvalue weighted by Crippen LogP contribution is 2.29. The summed E-state index contributed by atoms with van der Waals surface area (Å²) in [5.74, 6) is 0.808. The topological polar surface area (TPSA) is 73.9 Å². The number of rotatable bonds is 9. The molecule has 0 bridgehead atoms. The number of esters is 1. The summed E-state index contributed by atoms with van der Waals surface area (Å²) in [7, 11) is 3.01. The highest BCUT2D eigenvalue weighted by Gasteiger charge is 2.18. The normalized spacial score (nSPS) is 10.5. The van der Waals surface area contributed by atoms with E-state index in [0.717, 1.165) is 4.90 Å². The van der Waals surface area contributed by atoms with Gasteiger partial charge in [-0.2, -0.15) is 0 Å². The van der Waals surface area contributed by atoms with Crippen molar-refractivity contribution in [3.63, 3.8) is 0 Å². The Kier molecular flexibility index (Phi) is 8.42. The Balaban J connectivity index is 2.05. The van der Waals surface area contributed by atoms with Crippen molar-refractivity contribution in [2.45, 2.75) is 11.8 Å². The molecule has 2 aromatic carbocycles. The second kappa shape index (κ2) is 11.0. The first-order valence-corrected chi connectivity index (χ1v) is 9.66. The highest BCUT2D eigenvalue weighted by molar-refractivity contribution is 7.99. The molecule has 7 heteroatoms. The molecule has 0 aromatic heterocycles. The fourth-order valence-corrected chi connectivity index (χ4v) is 3.18. The van der Waals surface area contributed by atoms with Crippen LogP contribution >= 0.6 is 11.8 Å². The van der Waals surface area contributed by atoms with Gasteiger partial charge in [-0.15, -0.1) is 11.8 Å². The van der Waals surface area contributed by atoms with Crippen molar-refractivity contribution >= 4 is 29.3 Å². The Morgan fingerprint density at radius 3 is 2.39 bits per heavy atom. The molecule has 1 amide bonds. The van der Waals surface area contributed by atoms with Gasteiger partial charge in [0.05, 0.1) is 20.8 Å². The van der Waals surface area contributed by atoms with Crippen LogP contribution in [0.15, 0.2) is 59.5 Å². The van der Waals surface area contributed by atoms with Crippen LogP contribution in [0.2, 0.25) is 0 Å². The molecular weight excluding hydrogens is 378 g/mol. The third-order valence-electron chi connectivity index (χ3n) is 3.63. The number of hydrogen-bond acceptors (Lipinski definition) is 6. The number of amides is 1. The molecule has 0 aliphatic heterocycles. The number of nitrogens with one attached hydrogen (secondary N) is 1. The lowest BCUT2D eigenvalue weighted by atomic mass is 10.1. The van der Waals surface area contributed by atoms with E-state index in [9.17, 15) is 9.59 Å². The molecule has 0 unspecified atom stereocenters. The molecule has 2 aromatic rings. The number of hydrogen-bond donors (Lipinski definition) is 1. The summed E-state index contributed by atoms with van der Waals surface area (Å²) in [5.41, 5.74) is 0.986. The van der Waals surface area contributed by atoms with Gasteiger partial charge in [-0.05, 0) is 37.3 Å². The minimum absolute atomic E-state index is 0.321. The van der Waals surface area contributed by atoms with Gasteiger partial charge in [0.15, 0.2) is 0 Å². The maximum Gasteiger partial charge on any atom is 0.330 e. The zero-order valence-electron chi connectivity index (χ0n) is 16.1. The Labute approximate surface area is 168 Å². The van der Waals surface area contributed by atoms with Crippen LogP contribution in [-0.2, 0) is 9.53 Å². The summed E-state index contributed by atoms with van der Waals surface area (Å²) in [6, 6.07) is 12.6. The zero-order chi connectivity index (χ0) is 20.4. The van der Waals surface area contributed by atoms with Crippen molar-refractivity contribution in [1.82, 2.24) is 0 Å². The second-order valence-corrected chi connectivity index (χ2v) is 6.58. The molecular formula is C21H23NO5S. The van der Waals surface area contributed by atoms with Crippen molar-refractivity contribution in [2.75, 3.05) is 31.9 Å². The van der Waals surface area contributed by atoms with Gasteiger partial charge in [0, 0.05) is 22.4 Å². The Morgan fingerprint density at radius 2 is 1.75 bits per heavy atom. The van der Waals surface area contributed by atoms with Crippen LogP contribution in [0.1, 0.15) is 17.3 Å². The molecule has 28 heavy (non-hydrogen) atoms. The summed E-state index contributed by atoms with van der Waals surface area (Å²) >= 11 is 1.54. The van der Waals surface area contributed by atoms with Gasteiger partial charge in [0.2, 0.25) is 0 Å². The molecule has 0 radical (unpaired) electrons. The van der Waals surface area contributed by atoms with Crippen molar-refractivity contribution in [3.8, 4) is 11.5 Å². The molecule has 0 aliphatic carbocycles. The van der Waals surface area contributed by atoms with Gasteiger partial charge in [0.25, 0.3) is 5.91 Å². The lowest BCUT2D eigenvalue weighted by molar-refractivity contribution is -0.137. The van der Waals surface area contributed by atoms with Gasteiger partial charge in [-0.3, -0.25) is 4.79 Å². The molecule has 6 nitrogen and oxygen atoms in total. The van der Waals surface area contributed by atoms with E-state index in [4.69, 9.17) is 14.2 Å². The number of benzene rings is 2. The lowest BCUT2D eigenvalue weighted by Gasteiger charge is -2.13. The maximum absolute atomic E-state index is 12.7. The third-order valence-corrected chi connectivity index (χ3v) is 4.58. The lowest BCUT2D eigenvalue weighted by Crippen LogP contribution is -2.14. The Morgan fingerprint density at radius 1 is 1.07 bits per heavy atom. The molecule has 0 atom stereocenters. The fraction of sp³-hybridized carbons (Fsp3) is 0.238. The number of thioether (sulfide) groups is 1. The van der Waals surface area contributed by atoms with Gasteiger partial charge < -0.3 is 19.5 Å². The van der Waals surface area contributed by atoms with E-state index in [2.05, 4.69) is 5.32 Å². The van der Waals surface area contributed by atoms with Crippen LogP contribution in [0.25, 0.3) is 0 Å². The van der Waals surface area contributed by atoms with E-state index in [1.165, 1.54) is 32.1 Å². The predicted molar refractivity (Wildman–Crippen MR) is 110 cm³/mol. The van der Waals surface area contributed by atoms with E-state index < -0.39 is 0 Å². The average molecular weight is 401 g/mol. The quantitative estimate of drug-likeness (QED) is 0.386. The van der Waals surface area contributed by atoms with Gasteiger partial charge in [-0.1, -0.05) is 18.2 Å². The van der Waals surface area contributed by atoms with Gasteiger partial charge >= 0.3 is 5.97 Å². The highest BCUT2D eigenvalue weighted by atomic mass is 32.2. The number of carbonyl (C=O) groups excluding carboxylic acids is 2. The summed E-state index contributed by atoms with van der Waals surface area (Å²) in [4.78, 5) is 25.0. The molecule has 0 saturated heterocycles. The molecule has 1 N–H and O–H groups in total. The summed E-state index contributed by atoms with van der Waals surface area (Å²) in [5, 5.41) is 2.87. The SMILES string of the molecule is CCOC(=O)/C=C/CSc1cccc(NC(=O)c2c(OC)cccc2OC)c1. The summed E-state index contributed by atoms with van der Waals surface area (Å²) in [6.45, 7) is 2.12. The number of carbonyl (C=O) groups is 2. The number of ether oxygens (including phenoxy) is 3. The van der Waals surface area contributed by atoms with Crippen molar-refractivity contribution in [3.05, 3.63) is 60.2 Å². The van der Waals surface area contributed by atoms with Crippen LogP contribution in [0, 0.1) is 0 Å². The first-order chi connectivity index (χ1) is 13.6. The van der Waals surface area contributed by atoms with E-state index in [0.29, 0.717) is 35.1 Å². The van der Waals surface area contributed by atoms with Crippen molar-refractivity contribution in [1.29, 1.82) is 0 Å². The minimum atomic E-state index is -0.352. The first-order valence-electron chi connectivity index (χ1n) is 8.67. The van der Waals surface area contributed by atoms with Gasteiger partial charge in [0.1, 0.15) is 17.1 Å². The standard InChI is InChI=1S/C21H23NO5S/c1-4-27-19(23)12-7-13-28-16-9-5-8-15(14-16)22-21(24)20-17(25-2)10-6-11-18(20)26-3/h5-12,14H,4,13H2,1-3H3,(H,22,24)/b12-7+. The van der Waals surface area contributed by atoms with Crippen LogP contribution in [-0.4, -0.2) is 38.5 Å². The van der Waals surface area contributed by atoms with Crippen molar-refractivity contribution in [2.24, 2.45) is 0 Å². The van der Waals surface area contributed by atoms with E-state index in [1.807, 2.05) is 18.2 Å². The minimum Gasteiger partial charge on any atom is -0.496 e. The molecule has 0 heterocycles. The molecule has 0 aliphatic rings. The average Bonchev–Trinajstić information content (AvgIpc) is 2.71. The Bertz CT molecular complexity index is 828. The predicted octanol–water partition coefficient (Wildman–Crippen LogP) is 4.17. The van der Waals surface area contributed by atoms with E-state index in [1.54, 1.807) is 37.3 Å². The van der Waals surface area contributed by atoms with Crippen LogP contribution < -0.4 is 14.8 Å². The van der Waals surface area contributed by atoms with Crippen LogP contribution in [0.3, 0.4) is 0 Å². The van der Waals surface area contributed by atoms with E-state index in [-0.39, 0.29) is 11.9 Å². The molecule has 0 spiro atoms. The monoisotopic (exact) mass is 401 g/mol. The van der Waals surface area contributed by atoms with Gasteiger partial charge in [-0.25, -0.2) is 4.79 Å². The Hall–Kier alpha value is -2.93. The first kappa shape index (κ1) is 21.4. The van der Waals surface area contributed by atoms with Crippen LogP contribution in [0.4, 0.5) is 5.69 Å². The molecule has 0 fully saturated rings. The fourth-order valence-electron chi connectivity index (χ4n) is 2.41. The number of methoxy groups -OCH3 is 2. The number of anilines is 1. The molecule has 2 rings (SSSR count). The third kappa shape index (κ3) is 6.06. The second-order valence-electron chi connectivity index (χ2n) is 5.48. The zero-order valence-corrected chi connectivity index (χ0v) is 16.9. The summed E-state index contributed by atoms with van der Waals surface area (Å²) < 4.78 is 15.4.